The van der Waals surface area contributed by atoms with E-state index < -0.39 is 0 Å². The number of methoxy groups -OCH3 is 1. The van der Waals surface area contributed by atoms with Crippen LogP contribution in [0.5, 0.6) is 17.2 Å². The van der Waals surface area contributed by atoms with E-state index in [1.165, 1.54) is 0 Å². The van der Waals surface area contributed by atoms with E-state index in [0.29, 0.717) is 17.5 Å². The van der Waals surface area contributed by atoms with Crippen molar-refractivity contribution in [2.75, 3.05) is 20.5 Å². The molecule has 2 aromatic rings. The number of hydrogen-bond donors (Lipinski definition) is 1. The molecule has 0 spiro atoms. The van der Waals surface area contributed by atoms with Crippen molar-refractivity contribution in [3.63, 3.8) is 0 Å². The fourth-order valence-corrected chi connectivity index (χ4v) is 3.41. The van der Waals surface area contributed by atoms with Crippen LogP contribution in [0.25, 0.3) is 0 Å². The second-order valence-corrected chi connectivity index (χ2v) is 6.42. The van der Waals surface area contributed by atoms with Gasteiger partial charge in [-0.05, 0) is 30.5 Å². The van der Waals surface area contributed by atoms with Crippen LogP contribution in [0.2, 0.25) is 0 Å². The van der Waals surface area contributed by atoms with Gasteiger partial charge in [-0.2, -0.15) is 0 Å². The van der Waals surface area contributed by atoms with Gasteiger partial charge in [0.25, 0.3) is 0 Å². The molecular weight excluding hydrogens is 322 g/mol. The van der Waals surface area contributed by atoms with Crippen molar-refractivity contribution in [2.24, 2.45) is 7.05 Å². The van der Waals surface area contributed by atoms with Gasteiger partial charge in [0.15, 0.2) is 11.5 Å². The lowest BCUT2D eigenvalue weighted by Gasteiger charge is -2.30. The molecule has 7 heteroatoms. The van der Waals surface area contributed by atoms with Crippen molar-refractivity contribution >= 4 is 0 Å². The number of nitrogens with zero attached hydrogens (tertiary/aromatic N) is 2. The lowest BCUT2D eigenvalue weighted by molar-refractivity contribution is -0.00404. The van der Waals surface area contributed by atoms with Crippen molar-refractivity contribution in [1.82, 2.24) is 14.9 Å². The van der Waals surface area contributed by atoms with E-state index in [0.717, 1.165) is 43.0 Å². The van der Waals surface area contributed by atoms with E-state index in [4.69, 9.17) is 18.9 Å². The summed E-state index contributed by atoms with van der Waals surface area (Å²) >= 11 is 0. The van der Waals surface area contributed by atoms with Gasteiger partial charge in [-0.1, -0.05) is 0 Å². The molecule has 0 saturated carbocycles. The minimum absolute atomic E-state index is 0.0880. The number of fused-ring (bicyclic) bond motifs is 1. The first-order chi connectivity index (χ1) is 12.2. The predicted molar refractivity (Wildman–Crippen MR) is 90.9 cm³/mol. The average molecular weight is 345 g/mol. The summed E-state index contributed by atoms with van der Waals surface area (Å²) in [6.07, 6.45) is 5.71. The van der Waals surface area contributed by atoms with Crippen LogP contribution >= 0.6 is 0 Å². The van der Waals surface area contributed by atoms with Crippen molar-refractivity contribution in [3.8, 4) is 17.2 Å². The largest absolute Gasteiger partial charge is 0.493 e. The molecule has 0 bridgehead atoms. The standard InChI is InChI=1S/C18H23N3O4/c1-21-10-19-9-14(21)15-7-13(3-4-23-15)20-8-12-5-16(22-2)18-17(6-12)24-11-25-18/h5-6,9-10,13,15,20H,3-4,7-8,11H2,1-2H3. The van der Waals surface area contributed by atoms with Crippen LogP contribution in [0.4, 0.5) is 0 Å². The Hall–Kier alpha value is -2.25. The number of ether oxygens (including phenoxy) is 4. The maximum absolute atomic E-state index is 5.93. The molecular formula is C18H23N3O4. The monoisotopic (exact) mass is 345 g/mol. The van der Waals surface area contributed by atoms with Crippen molar-refractivity contribution in [2.45, 2.75) is 31.5 Å². The Bertz CT molecular complexity index is 746. The second kappa shape index (κ2) is 6.93. The number of benzene rings is 1. The van der Waals surface area contributed by atoms with Gasteiger partial charge in [-0.15, -0.1) is 0 Å². The third-order valence-corrected chi connectivity index (χ3v) is 4.78. The van der Waals surface area contributed by atoms with Crippen molar-refractivity contribution in [1.29, 1.82) is 0 Å². The summed E-state index contributed by atoms with van der Waals surface area (Å²) in [6.45, 7) is 1.74. The normalized spacial score (nSPS) is 22.2. The molecule has 1 N–H and O–H groups in total. The van der Waals surface area contributed by atoms with Crippen LogP contribution in [0.3, 0.4) is 0 Å². The molecule has 25 heavy (non-hydrogen) atoms. The molecule has 2 unspecified atom stereocenters. The highest BCUT2D eigenvalue weighted by Crippen LogP contribution is 2.41. The van der Waals surface area contributed by atoms with Gasteiger partial charge in [-0.3, -0.25) is 0 Å². The molecule has 1 aromatic carbocycles. The van der Waals surface area contributed by atoms with Crippen LogP contribution in [0.15, 0.2) is 24.7 Å². The van der Waals surface area contributed by atoms with Crippen LogP contribution in [-0.4, -0.2) is 36.1 Å². The molecule has 1 saturated heterocycles. The highest BCUT2D eigenvalue weighted by molar-refractivity contribution is 5.55. The molecule has 1 fully saturated rings. The molecule has 134 valence electrons. The molecule has 0 aliphatic carbocycles. The molecule has 4 rings (SSSR count). The number of rotatable bonds is 5. The highest BCUT2D eigenvalue weighted by atomic mass is 16.7. The first-order valence-corrected chi connectivity index (χ1v) is 8.52. The Morgan fingerprint density at radius 1 is 1.36 bits per heavy atom. The van der Waals surface area contributed by atoms with Gasteiger partial charge < -0.3 is 28.8 Å². The summed E-state index contributed by atoms with van der Waals surface area (Å²) in [5, 5.41) is 3.63. The molecule has 2 atom stereocenters. The Labute approximate surface area is 146 Å². The average Bonchev–Trinajstić information content (AvgIpc) is 3.28. The second-order valence-electron chi connectivity index (χ2n) is 6.42. The van der Waals surface area contributed by atoms with Gasteiger partial charge in [0, 0.05) is 26.2 Å². The van der Waals surface area contributed by atoms with E-state index in [-0.39, 0.29) is 12.9 Å². The van der Waals surface area contributed by atoms with Gasteiger partial charge in [0.2, 0.25) is 12.5 Å². The molecule has 3 heterocycles. The van der Waals surface area contributed by atoms with E-state index in [1.54, 1.807) is 7.11 Å². The van der Waals surface area contributed by atoms with Crippen molar-refractivity contribution < 1.29 is 18.9 Å². The fraction of sp³-hybridized carbons (Fsp3) is 0.500. The number of hydrogen-bond acceptors (Lipinski definition) is 6. The van der Waals surface area contributed by atoms with Crippen LogP contribution in [0.1, 0.15) is 30.2 Å². The van der Waals surface area contributed by atoms with Gasteiger partial charge in [-0.25, -0.2) is 4.98 Å². The Morgan fingerprint density at radius 2 is 2.28 bits per heavy atom. The predicted octanol–water partition coefficient (Wildman–Crippen LogP) is 2.17. The summed E-state index contributed by atoms with van der Waals surface area (Å²) in [4.78, 5) is 4.19. The number of aryl methyl sites for hydroxylation is 1. The zero-order chi connectivity index (χ0) is 17.2. The number of imidazole rings is 1. The maximum Gasteiger partial charge on any atom is 0.231 e. The third kappa shape index (κ3) is 3.29. The Kier molecular flexibility index (Phi) is 4.50. The minimum Gasteiger partial charge on any atom is -0.493 e. The van der Waals surface area contributed by atoms with Crippen LogP contribution in [0, 0.1) is 0 Å². The topological polar surface area (TPSA) is 66.8 Å². The summed E-state index contributed by atoms with van der Waals surface area (Å²) in [5.41, 5.74) is 2.24. The van der Waals surface area contributed by atoms with Crippen LogP contribution < -0.4 is 19.5 Å². The quantitative estimate of drug-likeness (QED) is 0.896. The Morgan fingerprint density at radius 3 is 3.08 bits per heavy atom. The smallest absolute Gasteiger partial charge is 0.231 e. The first-order valence-electron chi connectivity index (χ1n) is 8.52. The van der Waals surface area contributed by atoms with E-state index >= 15 is 0 Å². The van der Waals surface area contributed by atoms with E-state index in [9.17, 15) is 0 Å². The summed E-state index contributed by atoms with van der Waals surface area (Å²) < 4.78 is 24.3. The molecule has 2 aliphatic heterocycles. The van der Waals surface area contributed by atoms with Gasteiger partial charge in [0.05, 0.1) is 25.3 Å². The summed E-state index contributed by atoms with van der Waals surface area (Å²) in [6, 6.07) is 4.40. The fourth-order valence-electron chi connectivity index (χ4n) is 3.41. The van der Waals surface area contributed by atoms with E-state index in [2.05, 4.69) is 10.3 Å². The molecule has 2 aliphatic rings. The lowest BCUT2D eigenvalue weighted by atomic mass is 10.0. The summed E-state index contributed by atoms with van der Waals surface area (Å²) in [5.74, 6) is 2.15. The summed E-state index contributed by atoms with van der Waals surface area (Å²) in [7, 11) is 3.65. The maximum atomic E-state index is 5.93. The first kappa shape index (κ1) is 16.2. The third-order valence-electron chi connectivity index (χ3n) is 4.78. The zero-order valence-electron chi connectivity index (χ0n) is 14.5. The molecule has 0 radical (unpaired) electrons. The van der Waals surface area contributed by atoms with Gasteiger partial charge in [0.1, 0.15) is 6.10 Å². The molecule has 7 nitrogen and oxygen atoms in total. The number of aromatic nitrogens is 2. The Balaban J connectivity index is 1.41. The van der Waals surface area contributed by atoms with Gasteiger partial charge >= 0.3 is 0 Å². The lowest BCUT2D eigenvalue weighted by Crippen LogP contribution is -2.36. The van der Waals surface area contributed by atoms with Crippen molar-refractivity contribution in [3.05, 3.63) is 35.9 Å². The zero-order valence-corrected chi connectivity index (χ0v) is 14.5. The molecule has 0 amide bonds. The van der Waals surface area contributed by atoms with E-state index in [1.807, 2.05) is 36.3 Å². The molecule has 1 aromatic heterocycles. The SMILES string of the molecule is COc1cc(CNC2CCOC(c3cncn3C)C2)cc2c1OCO2. The van der Waals surface area contributed by atoms with Crippen LogP contribution in [-0.2, 0) is 18.3 Å². The highest BCUT2D eigenvalue weighted by Gasteiger charge is 2.26. The minimum atomic E-state index is 0.0880. The number of nitrogens with one attached hydrogen (secondary N) is 1.